The molecule has 1 N–H and O–H groups in total. The topological polar surface area (TPSA) is 66.5 Å². The number of anilines is 1. The minimum absolute atomic E-state index is 0.235. The molecule has 7 heteroatoms. The fourth-order valence-electron chi connectivity index (χ4n) is 2.17. The van der Waals surface area contributed by atoms with Crippen molar-refractivity contribution in [1.82, 2.24) is 4.31 Å². The summed E-state index contributed by atoms with van der Waals surface area (Å²) in [4.78, 5) is 12.2. The second kappa shape index (κ2) is 8.28. The Morgan fingerprint density at radius 3 is 2.33 bits per heavy atom. The largest absolute Gasteiger partial charge is 0.324 e. The highest BCUT2D eigenvalue weighted by Gasteiger charge is 2.20. The lowest BCUT2D eigenvalue weighted by Crippen LogP contribution is -2.38. The number of rotatable bonds is 7. The van der Waals surface area contributed by atoms with E-state index >= 15 is 0 Å². The number of nitrogens with zero attached hydrogens (tertiary/aromatic N) is 1. The van der Waals surface area contributed by atoms with E-state index in [0.29, 0.717) is 17.1 Å². The molecule has 128 valence electrons. The van der Waals surface area contributed by atoms with E-state index in [2.05, 4.69) is 5.32 Å². The van der Waals surface area contributed by atoms with Gasteiger partial charge in [0.05, 0.1) is 23.5 Å². The van der Waals surface area contributed by atoms with Crippen LogP contribution in [0.2, 0.25) is 5.02 Å². The highest BCUT2D eigenvalue weighted by Crippen LogP contribution is 2.20. The van der Waals surface area contributed by atoms with Gasteiger partial charge in [-0.1, -0.05) is 54.1 Å². The standard InChI is InChI=1S/C17H19ClN2O3S/c1-24(22,23)20(12-11-14-7-3-2-4-8-14)13-17(21)19-16-10-6-5-9-15(16)18/h2-10H,11-13H2,1H3,(H,19,21). The monoisotopic (exact) mass is 366 g/mol. The second-order valence-corrected chi connectivity index (χ2v) is 7.75. The van der Waals surface area contributed by atoms with Crippen LogP contribution in [0.5, 0.6) is 0 Å². The number of carbonyl (C=O) groups excluding carboxylic acids is 1. The number of carbonyl (C=O) groups is 1. The Kier molecular flexibility index (Phi) is 6.36. The summed E-state index contributed by atoms with van der Waals surface area (Å²) in [5.41, 5.74) is 1.47. The highest BCUT2D eigenvalue weighted by molar-refractivity contribution is 7.88. The number of sulfonamides is 1. The summed E-state index contributed by atoms with van der Waals surface area (Å²) in [6.07, 6.45) is 1.63. The van der Waals surface area contributed by atoms with E-state index < -0.39 is 15.9 Å². The molecule has 0 aliphatic heterocycles. The van der Waals surface area contributed by atoms with Crippen molar-refractivity contribution in [2.24, 2.45) is 0 Å². The van der Waals surface area contributed by atoms with Crippen molar-refractivity contribution in [2.75, 3.05) is 24.7 Å². The van der Waals surface area contributed by atoms with Crippen LogP contribution in [0.15, 0.2) is 54.6 Å². The van der Waals surface area contributed by atoms with Gasteiger partial charge in [-0.15, -0.1) is 0 Å². The number of hydrogen-bond acceptors (Lipinski definition) is 3. The molecule has 0 unspecified atom stereocenters. The minimum atomic E-state index is -3.49. The molecule has 0 aliphatic rings. The Balaban J connectivity index is 2.01. The Hall–Kier alpha value is -1.89. The average Bonchev–Trinajstić information content (AvgIpc) is 2.53. The van der Waals surface area contributed by atoms with E-state index in [-0.39, 0.29) is 13.1 Å². The SMILES string of the molecule is CS(=O)(=O)N(CCc1ccccc1)CC(=O)Nc1ccccc1Cl. The molecule has 2 aromatic rings. The molecule has 24 heavy (non-hydrogen) atoms. The fourth-order valence-corrected chi connectivity index (χ4v) is 3.13. The smallest absolute Gasteiger partial charge is 0.239 e. The van der Waals surface area contributed by atoms with E-state index in [1.54, 1.807) is 24.3 Å². The van der Waals surface area contributed by atoms with Gasteiger partial charge in [-0.25, -0.2) is 8.42 Å². The maximum atomic E-state index is 12.2. The summed E-state index contributed by atoms with van der Waals surface area (Å²) < 4.78 is 25.0. The van der Waals surface area contributed by atoms with Gasteiger partial charge in [0.1, 0.15) is 0 Å². The van der Waals surface area contributed by atoms with Crippen LogP contribution in [0, 0.1) is 0 Å². The summed E-state index contributed by atoms with van der Waals surface area (Å²) in [5, 5.41) is 3.04. The van der Waals surface area contributed by atoms with Crippen molar-refractivity contribution in [3.05, 3.63) is 65.2 Å². The molecule has 0 radical (unpaired) electrons. The molecular formula is C17H19ClN2O3S. The van der Waals surface area contributed by atoms with Crippen molar-refractivity contribution in [3.8, 4) is 0 Å². The van der Waals surface area contributed by atoms with Gasteiger partial charge in [0.2, 0.25) is 15.9 Å². The summed E-state index contributed by atoms with van der Waals surface area (Å²) in [5.74, 6) is -0.429. The van der Waals surface area contributed by atoms with Gasteiger partial charge in [-0.2, -0.15) is 4.31 Å². The second-order valence-electron chi connectivity index (χ2n) is 5.36. The molecule has 0 atom stereocenters. The van der Waals surface area contributed by atoms with Gasteiger partial charge >= 0.3 is 0 Å². The molecule has 2 aromatic carbocycles. The van der Waals surface area contributed by atoms with Crippen molar-refractivity contribution in [2.45, 2.75) is 6.42 Å². The van der Waals surface area contributed by atoms with Gasteiger partial charge in [-0.3, -0.25) is 4.79 Å². The third-order valence-corrected chi connectivity index (χ3v) is 5.01. The lowest BCUT2D eigenvalue weighted by molar-refractivity contribution is -0.116. The van der Waals surface area contributed by atoms with Gasteiger partial charge < -0.3 is 5.32 Å². The van der Waals surface area contributed by atoms with Crippen LogP contribution in [0.3, 0.4) is 0 Å². The number of amides is 1. The third kappa shape index (κ3) is 5.63. The lowest BCUT2D eigenvalue weighted by Gasteiger charge is -2.19. The molecule has 0 saturated heterocycles. The summed E-state index contributed by atoms with van der Waals surface area (Å²) >= 11 is 5.99. The highest BCUT2D eigenvalue weighted by atomic mass is 35.5. The Morgan fingerprint density at radius 1 is 1.08 bits per heavy atom. The van der Waals surface area contributed by atoms with Gasteiger partial charge in [0.25, 0.3) is 0 Å². The maximum absolute atomic E-state index is 12.2. The number of halogens is 1. The fraction of sp³-hybridized carbons (Fsp3) is 0.235. The molecule has 0 aliphatic carbocycles. The van der Waals surface area contributed by atoms with Crippen molar-refractivity contribution in [3.63, 3.8) is 0 Å². The maximum Gasteiger partial charge on any atom is 0.239 e. The molecule has 0 aromatic heterocycles. The van der Waals surface area contributed by atoms with Crippen LogP contribution < -0.4 is 5.32 Å². The molecular weight excluding hydrogens is 348 g/mol. The lowest BCUT2D eigenvalue weighted by atomic mass is 10.1. The van der Waals surface area contributed by atoms with Crippen molar-refractivity contribution >= 4 is 33.2 Å². The summed E-state index contributed by atoms with van der Waals surface area (Å²) in [6, 6.07) is 16.3. The minimum Gasteiger partial charge on any atom is -0.324 e. The number of para-hydroxylation sites is 1. The molecule has 0 spiro atoms. The van der Waals surface area contributed by atoms with Gasteiger partial charge in [-0.05, 0) is 24.1 Å². The van der Waals surface area contributed by atoms with E-state index in [4.69, 9.17) is 11.6 Å². The van der Waals surface area contributed by atoms with Crippen molar-refractivity contribution < 1.29 is 13.2 Å². The zero-order chi connectivity index (χ0) is 17.6. The Morgan fingerprint density at radius 2 is 1.71 bits per heavy atom. The van der Waals surface area contributed by atoms with Crippen LogP contribution in [0.4, 0.5) is 5.69 Å². The first kappa shape index (κ1) is 18.4. The van der Waals surface area contributed by atoms with E-state index in [1.807, 2.05) is 30.3 Å². The number of nitrogens with one attached hydrogen (secondary N) is 1. The quantitative estimate of drug-likeness (QED) is 0.819. The number of benzene rings is 2. The van der Waals surface area contributed by atoms with Crippen LogP contribution in [-0.4, -0.2) is 38.0 Å². The first-order valence-electron chi connectivity index (χ1n) is 7.39. The predicted octanol–water partition coefficient (Wildman–Crippen LogP) is 2.78. The normalized spacial score (nSPS) is 11.5. The molecule has 0 saturated carbocycles. The van der Waals surface area contributed by atoms with Crippen LogP contribution in [-0.2, 0) is 21.2 Å². The summed E-state index contributed by atoms with van der Waals surface area (Å²) in [6.45, 7) is -0.0182. The first-order chi connectivity index (χ1) is 11.4. The van der Waals surface area contributed by atoms with Crippen LogP contribution in [0.25, 0.3) is 0 Å². The molecule has 2 rings (SSSR count). The van der Waals surface area contributed by atoms with E-state index in [9.17, 15) is 13.2 Å². The third-order valence-electron chi connectivity index (χ3n) is 3.43. The van der Waals surface area contributed by atoms with Gasteiger partial charge in [0.15, 0.2) is 0 Å². The molecule has 0 bridgehead atoms. The van der Waals surface area contributed by atoms with E-state index in [0.717, 1.165) is 16.1 Å². The summed E-state index contributed by atoms with van der Waals surface area (Å²) in [7, 11) is -3.49. The predicted molar refractivity (Wildman–Crippen MR) is 96.6 cm³/mol. The van der Waals surface area contributed by atoms with Crippen LogP contribution >= 0.6 is 11.6 Å². The zero-order valence-corrected chi connectivity index (χ0v) is 14.8. The zero-order valence-electron chi connectivity index (χ0n) is 13.3. The molecule has 0 fully saturated rings. The number of hydrogen-bond donors (Lipinski definition) is 1. The van der Waals surface area contributed by atoms with Crippen molar-refractivity contribution in [1.29, 1.82) is 0 Å². The molecule has 5 nitrogen and oxygen atoms in total. The Bertz CT molecular complexity index is 794. The molecule has 1 amide bonds. The van der Waals surface area contributed by atoms with Gasteiger partial charge in [0, 0.05) is 6.54 Å². The van der Waals surface area contributed by atoms with E-state index in [1.165, 1.54) is 0 Å². The average molecular weight is 367 g/mol. The Labute approximate surface area is 147 Å². The van der Waals surface area contributed by atoms with Crippen LogP contribution in [0.1, 0.15) is 5.56 Å². The first-order valence-corrected chi connectivity index (χ1v) is 9.62. The molecule has 0 heterocycles.